The van der Waals surface area contributed by atoms with Gasteiger partial charge in [-0.2, -0.15) is 0 Å². The number of hydrogen-bond acceptors (Lipinski definition) is 4. The lowest BCUT2D eigenvalue weighted by atomic mass is 10.1. The maximum atomic E-state index is 13.1. The third-order valence-electron chi connectivity index (χ3n) is 4.56. The zero-order chi connectivity index (χ0) is 20.1. The number of pyridine rings is 1. The monoisotopic (exact) mass is 378 g/mol. The fourth-order valence-corrected chi connectivity index (χ4v) is 3.07. The number of ether oxygens (including phenoxy) is 1. The minimum Gasteiger partial charge on any atom is -0.495 e. The number of methoxy groups -OCH3 is 1. The van der Waals surface area contributed by atoms with Crippen molar-refractivity contribution in [1.82, 2.24) is 9.88 Å². The highest BCUT2D eigenvalue weighted by molar-refractivity contribution is 5.95. The summed E-state index contributed by atoms with van der Waals surface area (Å²) in [6.07, 6.45) is 1.62. The molecule has 1 aromatic heterocycles. The first-order chi connectivity index (χ1) is 13.6. The van der Waals surface area contributed by atoms with Crippen LogP contribution in [0.5, 0.6) is 5.75 Å². The van der Waals surface area contributed by atoms with Crippen LogP contribution in [-0.2, 0) is 0 Å². The van der Waals surface area contributed by atoms with Crippen molar-refractivity contribution in [3.8, 4) is 11.4 Å². The zero-order valence-electron chi connectivity index (χ0n) is 15.8. The van der Waals surface area contributed by atoms with E-state index in [1.807, 2.05) is 30.3 Å². The molecule has 3 rings (SSSR count). The molecule has 6 heteroatoms. The van der Waals surface area contributed by atoms with Crippen molar-refractivity contribution in [3.05, 3.63) is 93.9 Å². The summed E-state index contributed by atoms with van der Waals surface area (Å²) in [5.74, 6) is -0.00742. The van der Waals surface area contributed by atoms with E-state index in [-0.39, 0.29) is 12.2 Å². The van der Waals surface area contributed by atoms with Gasteiger partial charge in [-0.15, -0.1) is 0 Å². The fourth-order valence-electron chi connectivity index (χ4n) is 3.07. The van der Waals surface area contributed by atoms with Crippen molar-refractivity contribution < 1.29 is 14.6 Å². The first-order valence-electron chi connectivity index (χ1n) is 8.89. The van der Waals surface area contributed by atoms with Crippen molar-refractivity contribution in [1.29, 1.82) is 0 Å². The summed E-state index contributed by atoms with van der Waals surface area (Å²) in [5.41, 5.74) is 1.44. The molecule has 0 radical (unpaired) electrons. The highest BCUT2D eigenvalue weighted by atomic mass is 16.5. The molecule has 0 aliphatic rings. The third-order valence-corrected chi connectivity index (χ3v) is 4.56. The van der Waals surface area contributed by atoms with E-state index >= 15 is 0 Å². The Balaban J connectivity index is 2.00. The maximum Gasteiger partial charge on any atom is 0.268 e. The maximum absolute atomic E-state index is 13.1. The molecule has 0 aliphatic heterocycles. The van der Waals surface area contributed by atoms with Crippen molar-refractivity contribution >= 4 is 5.91 Å². The van der Waals surface area contributed by atoms with Crippen LogP contribution < -0.4 is 15.6 Å². The lowest BCUT2D eigenvalue weighted by Crippen LogP contribution is -2.36. The molecule has 1 heterocycles. The number of nitrogens with one attached hydrogen (secondary N) is 1. The molecule has 2 N–H and O–H groups in total. The second-order valence-corrected chi connectivity index (χ2v) is 6.34. The second kappa shape index (κ2) is 8.54. The van der Waals surface area contributed by atoms with Crippen LogP contribution in [0.1, 0.15) is 27.5 Å². The Morgan fingerprint density at radius 1 is 1.11 bits per heavy atom. The lowest BCUT2D eigenvalue weighted by molar-refractivity contribution is 0.0913. The number of aryl methyl sites for hydroxylation is 1. The number of benzene rings is 2. The van der Waals surface area contributed by atoms with Gasteiger partial charge in [-0.05, 0) is 36.2 Å². The fraction of sp³-hybridized carbons (Fsp3) is 0.182. The number of carbonyl (C=O) groups excluding carboxylic acids is 1. The van der Waals surface area contributed by atoms with Gasteiger partial charge in [0.05, 0.1) is 25.4 Å². The Labute approximate surface area is 163 Å². The number of aromatic nitrogens is 1. The number of aliphatic hydroxyl groups is 1. The Morgan fingerprint density at radius 3 is 2.46 bits per heavy atom. The average Bonchev–Trinajstić information content (AvgIpc) is 2.73. The zero-order valence-corrected chi connectivity index (χ0v) is 15.8. The Kier molecular flexibility index (Phi) is 5.91. The molecule has 0 saturated carbocycles. The summed E-state index contributed by atoms with van der Waals surface area (Å²) in [7, 11) is 1.53. The predicted octanol–water partition coefficient (Wildman–Crippen LogP) is 2.62. The van der Waals surface area contributed by atoms with Crippen LogP contribution >= 0.6 is 0 Å². The predicted molar refractivity (Wildman–Crippen MR) is 107 cm³/mol. The first-order valence-corrected chi connectivity index (χ1v) is 8.89. The highest BCUT2D eigenvalue weighted by Gasteiger charge is 2.21. The molecule has 0 bridgehead atoms. The van der Waals surface area contributed by atoms with Crippen molar-refractivity contribution in [2.24, 2.45) is 0 Å². The van der Waals surface area contributed by atoms with Crippen molar-refractivity contribution in [2.75, 3.05) is 13.7 Å². The molecule has 1 atom stereocenters. The van der Waals surface area contributed by atoms with Gasteiger partial charge in [-0.25, -0.2) is 0 Å². The van der Waals surface area contributed by atoms with E-state index in [4.69, 9.17) is 4.74 Å². The smallest absolute Gasteiger partial charge is 0.268 e. The third kappa shape index (κ3) is 3.82. The normalized spacial score (nSPS) is 11.7. The van der Waals surface area contributed by atoms with Gasteiger partial charge >= 0.3 is 0 Å². The van der Waals surface area contributed by atoms with Gasteiger partial charge in [0.25, 0.3) is 11.5 Å². The molecule has 28 heavy (non-hydrogen) atoms. The molecule has 144 valence electrons. The lowest BCUT2D eigenvalue weighted by Gasteiger charge is -2.18. The van der Waals surface area contributed by atoms with E-state index in [0.717, 1.165) is 5.56 Å². The van der Waals surface area contributed by atoms with Gasteiger partial charge in [-0.1, -0.05) is 42.5 Å². The quantitative estimate of drug-likeness (QED) is 0.691. The molecule has 0 fully saturated rings. The van der Waals surface area contributed by atoms with Crippen molar-refractivity contribution in [3.63, 3.8) is 0 Å². The molecular weight excluding hydrogens is 356 g/mol. The van der Waals surface area contributed by atoms with E-state index in [0.29, 0.717) is 17.0 Å². The van der Waals surface area contributed by atoms with Gasteiger partial charge in [-0.3, -0.25) is 14.2 Å². The topological polar surface area (TPSA) is 80.6 Å². The number of amides is 1. The van der Waals surface area contributed by atoms with E-state index in [1.165, 1.54) is 11.7 Å². The molecule has 0 spiro atoms. The average molecular weight is 378 g/mol. The second-order valence-electron chi connectivity index (χ2n) is 6.34. The van der Waals surface area contributed by atoms with E-state index in [1.54, 1.807) is 43.5 Å². The van der Waals surface area contributed by atoms with Crippen LogP contribution in [0.25, 0.3) is 5.69 Å². The largest absolute Gasteiger partial charge is 0.495 e. The number of nitrogens with zero attached hydrogens (tertiary/aromatic N) is 1. The van der Waals surface area contributed by atoms with Crippen LogP contribution in [0.15, 0.2) is 71.7 Å². The van der Waals surface area contributed by atoms with Gasteiger partial charge in [0, 0.05) is 6.20 Å². The minimum absolute atomic E-state index is 0.0304. The standard InChI is InChI=1S/C22H22N2O4/c1-15-12-13-24(18-10-6-7-11-19(18)28-2)22(27)20(15)21(26)23-17(14-25)16-8-4-3-5-9-16/h3-13,17,25H,14H2,1-2H3,(H,23,26)/t17-/m0/s1. The number of carbonyl (C=O) groups is 1. The number of rotatable bonds is 6. The summed E-state index contributed by atoms with van der Waals surface area (Å²) in [6, 6.07) is 17.3. The summed E-state index contributed by atoms with van der Waals surface area (Å²) < 4.78 is 6.72. The molecule has 6 nitrogen and oxygen atoms in total. The summed E-state index contributed by atoms with van der Waals surface area (Å²) in [5, 5.41) is 12.5. The van der Waals surface area contributed by atoms with Gasteiger partial charge in [0.1, 0.15) is 11.3 Å². The van der Waals surface area contributed by atoms with Crippen LogP contribution in [0.2, 0.25) is 0 Å². The van der Waals surface area contributed by atoms with Crippen molar-refractivity contribution in [2.45, 2.75) is 13.0 Å². The SMILES string of the molecule is COc1ccccc1-n1ccc(C)c(C(=O)N[C@@H](CO)c2ccccc2)c1=O. The Morgan fingerprint density at radius 2 is 1.79 bits per heavy atom. The van der Waals surface area contributed by atoms with Crippen LogP contribution in [0.3, 0.4) is 0 Å². The summed E-state index contributed by atoms with van der Waals surface area (Å²) in [6.45, 7) is 1.43. The molecule has 1 amide bonds. The van der Waals surface area contributed by atoms with E-state index < -0.39 is 17.5 Å². The van der Waals surface area contributed by atoms with Gasteiger partial charge in [0.15, 0.2) is 0 Å². The number of hydrogen-bond donors (Lipinski definition) is 2. The molecule has 3 aromatic rings. The number of aliphatic hydroxyl groups excluding tert-OH is 1. The molecule has 0 unspecified atom stereocenters. The minimum atomic E-state index is -0.604. The van der Waals surface area contributed by atoms with E-state index in [2.05, 4.69) is 5.32 Å². The van der Waals surface area contributed by atoms with E-state index in [9.17, 15) is 14.7 Å². The van der Waals surface area contributed by atoms with Gasteiger partial charge < -0.3 is 15.2 Å². The van der Waals surface area contributed by atoms with Gasteiger partial charge in [0.2, 0.25) is 0 Å². The summed E-state index contributed by atoms with van der Waals surface area (Å²) in [4.78, 5) is 26.0. The molecule has 0 saturated heterocycles. The molecule has 0 aliphatic carbocycles. The highest BCUT2D eigenvalue weighted by Crippen LogP contribution is 2.21. The summed E-state index contributed by atoms with van der Waals surface area (Å²) >= 11 is 0. The number of para-hydroxylation sites is 2. The van der Waals surface area contributed by atoms with Crippen LogP contribution in [-0.4, -0.2) is 29.3 Å². The Hall–Kier alpha value is -3.38. The van der Waals surface area contributed by atoms with Crippen LogP contribution in [0, 0.1) is 6.92 Å². The Bertz CT molecular complexity index is 1030. The molecular formula is C22H22N2O4. The first kappa shape index (κ1) is 19.4. The van der Waals surface area contributed by atoms with Crippen LogP contribution in [0.4, 0.5) is 0 Å². The molecule has 2 aromatic carbocycles.